The van der Waals surface area contributed by atoms with Crippen molar-refractivity contribution < 1.29 is 17.6 Å². The van der Waals surface area contributed by atoms with Crippen molar-refractivity contribution in [1.29, 1.82) is 0 Å². The van der Waals surface area contributed by atoms with E-state index in [1.54, 1.807) is 10.9 Å². The van der Waals surface area contributed by atoms with Gasteiger partial charge in [-0.05, 0) is 41.6 Å². The van der Waals surface area contributed by atoms with Crippen molar-refractivity contribution in [2.45, 2.75) is 18.5 Å². The van der Waals surface area contributed by atoms with Crippen molar-refractivity contribution in [3.05, 3.63) is 57.8 Å². The normalized spacial score (nSPS) is 21.2. The van der Waals surface area contributed by atoms with E-state index in [2.05, 4.69) is 15.1 Å². The molecular weight excluding hydrogens is 465 g/mol. The van der Waals surface area contributed by atoms with Crippen LogP contribution in [0.2, 0.25) is 5.02 Å². The Kier molecular flexibility index (Phi) is 5.88. The Balaban J connectivity index is 1.57. The van der Waals surface area contributed by atoms with Crippen molar-refractivity contribution in [3.8, 4) is 11.1 Å². The lowest BCUT2D eigenvalue weighted by molar-refractivity contribution is -0.120. The minimum atomic E-state index is -3.88. The predicted molar refractivity (Wildman–Crippen MR) is 118 cm³/mol. The number of anilines is 1. The van der Waals surface area contributed by atoms with Crippen LogP contribution in [0.4, 0.5) is 10.1 Å². The lowest BCUT2D eigenvalue weighted by Gasteiger charge is -2.35. The topological polar surface area (TPSA) is 96.3 Å². The fourth-order valence-corrected chi connectivity index (χ4v) is 5.86. The SMILES string of the molecule is CN1C(C(=O)Nc2ccc(F)c(Cl)c2)CC(c2cc(-c3cnn(C)c3)cs2)NS1(=O)=O. The van der Waals surface area contributed by atoms with Gasteiger partial charge in [0, 0.05) is 36.4 Å². The average molecular weight is 484 g/mol. The summed E-state index contributed by atoms with van der Waals surface area (Å²) in [5.74, 6) is -1.13. The van der Waals surface area contributed by atoms with Gasteiger partial charge in [0.2, 0.25) is 5.91 Å². The molecular formula is C19H19ClFN5O3S2. The summed E-state index contributed by atoms with van der Waals surface area (Å²) in [6.07, 6.45) is 3.83. The second-order valence-electron chi connectivity index (χ2n) is 7.20. The number of hydrogen-bond acceptors (Lipinski definition) is 5. The molecule has 2 atom stereocenters. The van der Waals surface area contributed by atoms with E-state index in [1.807, 2.05) is 24.7 Å². The maximum atomic E-state index is 13.4. The van der Waals surface area contributed by atoms with E-state index >= 15 is 0 Å². The largest absolute Gasteiger partial charge is 0.325 e. The number of benzene rings is 1. The van der Waals surface area contributed by atoms with E-state index in [4.69, 9.17) is 11.6 Å². The maximum Gasteiger partial charge on any atom is 0.280 e. The highest BCUT2D eigenvalue weighted by Crippen LogP contribution is 2.35. The smallest absolute Gasteiger partial charge is 0.280 e. The molecule has 4 rings (SSSR count). The number of amides is 1. The Labute approximate surface area is 187 Å². The third-order valence-electron chi connectivity index (χ3n) is 5.06. The fraction of sp³-hybridized carbons (Fsp3) is 0.263. The summed E-state index contributed by atoms with van der Waals surface area (Å²) < 4.78 is 44.0. The van der Waals surface area contributed by atoms with Crippen LogP contribution in [0.3, 0.4) is 0 Å². The third kappa shape index (κ3) is 4.51. The minimum Gasteiger partial charge on any atom is -0.325 e. The molecule has 1 aromatic carbocycles. The molecule has 31 heavy (non-hydrogen) atoms. The van der Waals surface area contributed by atoms with Gasteiger partial charge in [0.15, 0.2) is 0 Å². The monoisotopic (exact) mass is 483 g/mol. The van der Waals surface area contributed by atoms with Gasteiger partial charge in [0.05, 0.1) is 17.3 Å². The summed E-state index contributed by atoms with van der Waals surface area (Å²) in [7, 11) is -0.723. The minimum absolute atomic E-state index is 0.136. The van der Waals surface area contributed by atoms with Crippen LogP contribution in [0.5, 0.6) is 0 Å². The van der Waals surface area contributed by atoms with Crippen LogP contribution in [0, 0.1) is 5.82 Å². The number of nitrogens with zero attached hydrogens (tertiary/aromatic N) is 3. The molecule has 1 saturated heterocycles. The highest BCUT2D eigenvalue weighted by molar-refractivity contribution is 7.87. The van der Waals surface area contributed by atoms with Crippen LogP contribution in [0.15, 0.2) is 42.0 Å². The van der Waals surface area contributed by atoms with Gasteiger partial charge in [-0.3, -0.25) is 9.48 Å². The van der Waals surface area contributed by atoms with Crippen LogP contribution >= 0.6 is 22.9 Å². The third-order valence-corrected chi connectivity index (χ3v) is 7.99. The summed E-state index contributed by atoms with van der Waals surface area (Å²) in [6.45, 7) is 0. The Morgan fingerprint density at radius 1 is 1.32 bits per heavy atom. The van der Waals surface area contributed by atoms with E-state index < -0.39 is 34.0 Å². The van der Waals surface area contributed by atoms with Crippen molar-refractivity contribution in [2.75, 3.05) is 12.4 Å². The number of aryl methyl sites for hydroxylation is 1. The molecule has 0 aliphatic carbocycles. The average Bonchev–Trinajstić information content (AvgIpc) is 3.35. The first kappa shape index (κ1) is 21.9. The van der Waals surface area contributed by atoms with E-state index in [-0.39, 0.29) is 17.1 Å². The van der Waals surface area contributed by atoms with Crippen molar-refractivity contribution in [2.24, 2.45) is 7.05 Å². The van der Waals surface area contributed by atoms with Gasteiger partial charge in [-0.25, -0.2) is 4.39 Å². The Hall–Kier alpha value is -2.31. The van der Waals surface area contributed by atoms with Gasteiger partial charge in [-0.1, -0.05) is 11.6 Å². The quantitative estimate of drug-likeness (QED) is 0.595. The van der Waals surface area contributed by atoms with E-state index in [9.17, 15) is 17.6 Å². The van der Waals surface area contributed by atoms with Crippen molar-refractivity contribution in [1.82, 2.24) is 18.8 Å². The Bertz CT molecular complexity index is 1240. The first-order valence-electron chi connectivity index (χ1n) is 9.22. The fourth-order valence-electron chi connectivity index (χ4n) is 3.35. The van der Waals surface area contributed by atoms with Crippen LogP contribution < -0.4 is 10.0 Å². The van der Waals surface area contributed by atoms with E-state index in [1.165, 1.54) is 30.5 Å². The molecule has 0 saturated carbocycles. The number of carbonyl (C=O) groups excluding carboxylic acids is 1. The van der Waals surface area contributed by atoms with Crippen molar-refractivity contribution >= 4 is 44.7 Å². The molecule has 0 spiro atoms. The highest BCUT2D eigenvalue weighted by Gasteiger charge is 2.41. The highest BCUT2D eigenvalue weighted by atomic mass is 35.5. The number of rotatable bonds is 4. The van der Waals surface area contributed by atoms with Crippen molar-refractivity contribution in [3.63, 3.8) is 0 Å². The van der Waals surface area contributed by atoms with E-state index in [0.717, 1.165) is 26.4 Å². The van der Waals surface area contributed by atoms with Gasteiger partial charge in [-0.15, -0.1) is 11.3 Å². The molecule has 12 heteroatoms. The number of carbonyl (C=O) groups is 1. The zero-order chi connectivity index (χ0) is 22.3. The molecule has 164 valence electrons. The molecule has 1 amide bonds. The van der Waals surface area contributed by atoms with Gasteiger partial charge < -0.3 is 5.32 Å². The molecule has 1 aliphatic rings. The molecule has 2 unspecified atom stereocenters. The number of likely N-dealkylation sites (N-methyl/N-ethyl adjacent to an activating group) is 1. The lowest BCUT2D eigenvalue weighted by atomic mass is 10.0. The van der Waals surface area contributed by atoms with E-state index in [0.29, 0.717) is 0 Å². The van der Waals surface area contributed by atoms with Gasteiger partial charge in [0.25, 0.3) is 10.2 Å². The second kappa shape index (κ2) is 8.32. The first-order valence-corrected chi connectivity index (χ1v) is 11.9. The first-order chi connectivity index (χ1) is 14.6. The van der Waals surface area contributed by atoms with Crippen LogP contribution in [-0.2, 0) is 22.1 Å². The Morgan fingerprint density at radius 2 is 2.10 bits per heavy atom. The number of halogens is 2. The molecule has 2 N–H and O–H groups in total. The number of hydrogen-bond donors (Lipinski definition) is 2. The molecule has 8 nitrogen and oxygen atoms in total. The maximum absolute atomic E-state index is 13.4. The molecule has 0 bridgehead atoms. The van der Waals surface area contributed by atoms with Gasteiger partial charge >= 0.3 is 0 Å². The van der Waals surface area contributed by atoms with Gasteiger partial charge in [0.1, 0.15) is 11.9 Å². The standard InChI is InChI=1S/C19H19ClFN5O3S2/c1-25-9-12(8-22-25)11-5-18(30-10-11)16-7-17(26(2)31(28,29)24-16)19(27)23-13-3-4-15(21)14(20)6-13/h3-6,8-10,16-17,24H,7H2,1-2H3,(H,23,27). The lowest BCUT2D eigenvalue weighted by Crippen LogP contribution is -2.55. The zero-order valence-corrected chi connectivity index (χ0v) is 18.9. The number of nitrogens with one attached hydrogen (secondary N) is 2. The summed E-state index contributed by atoms with van der Waals surface area (Å²) >= 11 is 7.18. The summed E-state index contributed by atoms with van der Waals surface area (Å²) in [5.41, 5.74) is 2.13. The predicted octanol–water partition coefficient (Wildman–Crippen LogP) is 3.16. The molecule has 1 aliphatic heterocycles. The number of aromatic nitrogens is 2. The molecule has 3 heterocycles. The summed E-state index contributed by atoms with van der Waals surface area (Å²) in [5, 5.41) is 8.56. The summed E-state index contributed by atoms with van der Waals surface area (Å²) in [4.78, 5) is 13.7. The van der Waals surface area contributed by atoms with Crippen LogP contribution in [-0.4, -0.2) is 41.5 Å². The second-order valence-corrected chi connectivity index (χ2v) is 10.3. The molecule has 0 radical (unpaired) electrons. The molecule has 2 aromatic heterocycles. The molecule has 3 aromatic rings. The Morgan fingerprint density at radius 3 is 2.77 bits per heavy atom. The van der Waals surface area contributed by atoms with Crippen LogP contribution in [0.1, 0.15) is 17.3 Å². The number of thiophene rings is 1. The van der Waals surface area contributed by atoms with Crippen LogP contribution in [0.25, 0.3) is 11.1 Å². The molecule has 1 fully saturated rings. The summed E-state index contributed by atoms with van der Waals surface area (Å²) in [6, 6.07) is 4.16. The zero-order valence-electron chi connectivity index (χ0n) is 16.5. The van der Waals surface area contributed by atoms with Gasteiger partial charge in [-0.2, -0.15) is 22.5 Å².